The lowest BCUT2D eigenvalue weighted by atomic mass is 10.1. The van der Waals surface area contributed by atoms with Crippen molar-refractivity contribution in [1.82, 2.24) is 15.1 Å². The van der Waals surface area contributed by atoms with Gasteiger partial charge in [0.15, 0.2) is 0 Å². The van der Waals surface area contributed by atoms with Gasteiger partial charge in [0.2, 0.25) is 0 Å². The zero-order chi connectivity index (χ0) is 14.7. The molecule has 4 nitrogen and oxygen atoms in total. The van der Waals surface area contributed by atoms with Crippen molar-refractivity contribution < 1.29 is 4.79 Å². The minimum Gasteiger partial charge on any atom is -0.354 e. The second-order valence-electron chi connectivity index (χ2n) is 4.61. The molecule has 0 atom stereocenters. The number of nitrogens with one attached hydrogen (secondary N) is 1. The van der Waals surface area contributed by atoms with Crippen molar-refractivity contribution in [1.29, 1.82) is 0 Å². The minimum absolute atomic E-state index is 0.159. The standard InChI is InChI=1S/C17H15N3O/c1-18-17(21)16-12-15(13-8-4-2-5-9-13)19-20(16)14-10-6-3-7-11-14/h2-12H,1H3,(H,18,21). The van der Waals surface area contributed by atoms with Crippen LogP contribution in [0.1, 0.15) is 10.5 Å². The van der Waals surface area contributed by atoms with Gasteiger partial charge in [-0.3, -0.25) is 4.79 Å². The Kier molecular flexibility index (Phi) is 3.51. The van der Waals surface area contributed by atoms with E-state index in [1.54, 1.807) is 17.8 Å². The van der Waals surface area contributed by atoms with Crippen molar-refractivity contribution in [2.24, 2.45) is 0 Å². The Morgan fingerprint density at radius 3 is 2.24 bits per heavy atom. The molecule has 3 aromatic rings. The number of nitrogens with zero attached hydrogens (tertiary/aromatic N) is 2. The lowest BCUT2D eigenvalue weighted by Crippen LogP contribution is -2.21. The topological polar surface area (TPSA) is 46.9 Å². The molecule has 0 aliphatic rings. The average molecular weight is 277 g/mol. The van der Waals surface area contributed by atoms with Gasteiger partial charge in [0.25, 0.3) is 5.91 Å². The summed E-state index contributed by atoms with van der Waals surface area (Å²) in [6.45, 7) is 0. The van der Waals surface area contributed by atoms with Crippen molar-refractivity contribution in [3.05, 3.63) is 72.4 Å². The first-order chi connectivity index (χ1) is 10.3. The predicted octanol–water partition coefficient (Wildman–Crippen LogP) is 2.90. The highest BCUT2D eigenvalue weighted by Crippen LogP contribution is 2.21. The third-order valence-corrected chi connectivity index (χ3v) is 3.24. The molecule has 21 heavy (non-hydrogen) atoms. The number of carbonyl (C=O) groups excluding carboxylic acids is 1. The molecular formula is C17H15N3O. The molecular weight excluding hydrogens is 262 g/mol. The third-order valence-electron chi connectivity index (χ3n) is 3.24. The molecule has 0 aliphatic carbocycles. The van der Waals surface area contributed by atoms with Gasteiger partial charge >= 0.3 is 0 Å². The Hall–Kier alpha value is -2.88. The van der Waals surface area contributed by atoms with E-state index in [4.69, 9.17) is 0 Å². The van der Waals surface area contributed by atoms with E-state index in [1.807, 2.05) is 60.7 Å². The second kappa shape index (κ2) is 5.63. The van der Waals surface area contributed by atoms with Gasteiger partial charge in [-0.15, -0.1) is 0 Å². The van der Waals surface area contributed by atoms with E-state index in [9.17, 15) is 4.79 Å². The van der Waals surface area contributed by atoms with Crippen LogP contribution in [0.5, 0.6) is 0 Å². The van der Waals surface area contributed by atoms with Gasteiger partial charge in [-0.05, 0) is 18.2 Å². The van der Waals surface area contributed by atoms with Crippen molar-refractivity contribution in [2.45, 2.75) is 0 Å². The largest absolute Gasteiger partial charge is 0.354 e. The van der Waals surface area contributed by atoms with Crippen LogP contribution < -0.4 is 5.32 Å². The quantitative estimate of drug-likeness (QED) is 0.800. The zero-order valence-electron chi connectivity index (χ0n) is 11.7. The van der Waals surface area contributed by atoms with Crippen molar-refractivity contribution in [2.75, 3.05) is 7.05 Å². The summed E-state index contributed by atoms with van der Waals surface area (Å²) < 4.78 is 1.67. The van der Waals surface area contributed by atoms with Crippen LogP contribution in [0.2, 0.25) is 0 Å². The summed E-state index contributed by atoms with van der Waals surface area (Å²) in [5.41, 5.74) is 3.14. The molecule has 4 heteroatoms. The van der Waals surface area contributed by atoms with E-state index >= 15 is 0 Å². The fourth-order valence-electron chi connectivity index (χ4n) is 2.19. The smallest absolute Gasteiger partial charge is 0.269 e. The third kappa shape index (κ3) is 2.56. The Bertz CT molecular complexity index is 748. The number of rotatable bonds is 3. The van der Waals surface area contributed by atoms with Crippen molar-refractivity contribution in [3.63, 3.8) is 0 Å². The van der Waals surface area contributed by atoms with Crippen LogP contribution in [0.15, 0.2) is 66.7 Å². The number of carbonyl (C=O) groups is 1. The molecule has 1 N–H and O–H groups in total. The monoisotopic (exact) mass is 277 g/mol. The summed E-state index contributed by atoms with van der Waals surface area (Å²) >= 11 is 0. The summed E-state index contributed by atoms with van der Waals surface area (Å²) in [6.07, 6.45) is 0. The molecule has 1 aromatic heterocycles. The fourth-order valence-corrected chi connectivity index (χ4v) is 2.19. The summed E-state index contributed by atoms with van der Waals surface area (Å²) in [7, 11) is 1.62. The zero-order valence-corrected chi connectivity index (χ0v) is 11.7. The van der Waals surface area contributed by atoms with Gasteiger partial charge in [-0.2, -0.15) is 5.10 Å². The summed E-state index contributed by atoms with van der Waals surface area (Å²) in [4.78, 5) is 12.1. The van der Waals surface area contributed by atoms with Gasteiger partial charge in [0.05, 0.1) is 11.4 Å². The molecule has 2 aromatic carbocycles. The number of amides is 1. The van der Waals surface area contributed by atoms with Crippen LogP contribution in [0.25, 0.3) is 16.9 Å². The van der Waals surface area contributed by atoms with Gasteiger partial charge in [-0.1, -0.05) is 48.5 Å². The Labute approximate surface area is 123 Å². The van der Waals surface area contributed by atoms with E-state index in [0.29, 0.717) is 5.69 Å². The molecule has 0 saturated carbocycles. The van der Waals surface area contributed by atoms with Crippen LogP contribution >= 0.6 is 0 Å². The van der Waals surface area contributed by atoms with E-state index < -0.39 is 0 Å². The average Bonchev–Trinajstić information content (AvgIpc) is 3.01. The first-order valence-corrected chi connectivity index (χ1v) is 6.72. The van der Waals surface area contributed by atoms with Crippen LogP contribution in [-0.2, 0) is 0 Å². The van der Waals surface area contributed by atoms with E-state index in [0.717, 1.165) is 16.9 Å². The maximum absolute atomic E-state index is 12.1. The molecule has 0 radical (unpaired) electrons. The van der Waals surface area contributed by atoms with Gasteiger partial charge in [0.1, 0.15) is 5.69 Å². The predicted molar refractivity (Wildman–Crippen MR) is 82.4 cm³/mol. The first kappa shape index (κ1) is 13.1. The van der Waals surface area contributed by atoms with E-state index in [1.165, 1.54) is 0 Å². The molecule has 104 valence electrons. The minimum atomic E-state index is -0.159. The number of hydrogen-bond acceptors (Lipinski definition) is 2. The van der Waals surface area contributed by atoms with E-state index in [-0.39, 0.29) is 5.91 Å². The number of hydrogen-bond donors (Lipinski definition) is 1. The molecule has 1 heterocycles. The summed E-state index contributed by atoms with van der Waals surface area (Å²) in [5.74, 6) is -0.159. The highest BCUT2D eigenvalue weighted by molar-refractivity contribution is 5.94. The Morgan fingerprint density at radius 2 is 1.62 bits per heavy atom. The SMILES string of the molecule is CNC(=O)c1cc(-c2ccccc2)nn1-c1ccccc1. The molecule has 0 bridgehead atoms. The van der Waals surface area contributed by atoms with Crippen LogP contribution in [0, 0.1) is 0 Å². The maximum Gasteiger partial charge on any atom is 0.269 e. The molecule has 1 amide bonds. The van der Waals surface area contributed by atoms with Gasteiger partial charge in [-0.25, -0.2) is 4.68 Å². The lowest BCUT2D eigenvalue weighted by molar-refractivity contribution is 0.0955. The first-order valence-electron chi connectivity index (χ1n) is 6.72. The van der Waals surface area contributed by atoms with Crippen molar-refractivity contribution >= 4 is 5.91 Å². The maximum atomic E-state index is 12.1. The lowest BCUT2D eigenvalue weighted by Gasteiger charge is -2.05. The number of para-hydroxylation sites is 1. The van der Waals surface area contributed by atoms with Gasteiger partial charge < -0.3 is 5.32 Å². The highest BCUT2D eigenvalue weighted by atomic mass is 16.1. The summed E-state index contributed by atoms with van der Waals surface area (Å²) in [6, 6.07) is 21.3. The van der Waals surface area contributed by atoms with E-state index in [2.05, 4.69) is 10.4 Å². The summed E-state index contributed by atoms with van der Waals surface area (Å²) in [5, 5.41) is 7.23. The van der Waals surface area contributed by atoms with Crippen molar-refractivity contribution in [3.8, 4) is 16.9 Å². The van der Waals surface area contributed by atoms with Crippen LogP contribution in [-0.4, -0.2) is 22.7 Å². The second-order valence-corrected chi connectivity index (χ2v) is 4.61. The van der Waals surface area contributed by atoms with Gasteiger partial charge in [0, 0.05) is 12.6 Å². The van der Waals surface area contributed by atoms with Crippen LogP contribution in [0.4, 0.5) is 0 Å². The highest BCUT2D eigenvalue weighted by Gasteiger charge is 2.16. The Balaban J connectivity index is 2.14. The Morgan fingerprint density at radius 1 is 1.00 bits per heavy atom. The molecule has 0 unspecified atom stereocenters. The normalized spacial score (nSPS) is 10.3. The molecule has 0 spiro atoms. The number of aromatic nitrogens is 2. The van der Waals surface area contributed by atoms with Crippen LogP contribution in [0.3, 0.4) is 0 Å². The molecule has 0 aliphatic heterocycles. The fraction of sp³-hybridized carbons (Fsp3) is 0.0588. The molecule has 0 fully saturated rings. The molecule has 3 rings (SSSR count). The molecule has 0 saturated heterocycles. The number of benzene rings is 2.